The van der Waals surface area contributed by atoms with Gasteiger partial charge in [-0.1, -0.05) is 36.4 Å². The van der Waals surface area contributed by atoms with Crippen LogP contribution < -0.4 is 10.6 Å². The molecule has 5 rings (SSSR count). The molecule has 2 aromatic carbocycles. The van der Waals surface area contributed by atoms with Gasteiger partial charge < -0.3 is 10.6 Å². The second-order valence-corrected chi connectivity index (χ2v) is 7.94. The van der Waals surface area contributed by atoms with Crippen molar-refractivity contribution >= 4 is 22.8 Å². The molecule has 0 atom stereocenters. The minimum absolute atomic E-state index is 0.168. The number of benzene rings is 2. The van der Waals surface area contributed by atoms with Crippen molar-refractivity contribution in [2.45, 2.75) is 20.0 Å². The molecule has 3 N–H and O–H groups in total. The third-order valence-corrected chi connectivity index (χ3v) is 5.53. The molecular weight excluding hydrogens is 451 g/mol. The molecule has 0 spiro atoms. The summed E-state index contributed by atoms with van der Waals surface area (Å²) in [6, 6.07) is 12.5. The van der Waals surface area contributed by atoms with Crippen LogP contribution in [0.15, 0.2) is 48.8 Å². The lowest BCUT2D eigenvalue weighted by atomic mass is 10.1. The Hall–Kier alpha value is -4.74. The molecule has 0 fully saturated rings. The van der Waals surface area contributed by atoms with E-state index in [1.807, 2.05) is 24.3 Å². The van der Waals surface area contributed by atoms with E-state index in [9.17, 15) is 9.18 Å². The molecule has 3 aromatic heterocycles. The Morgan fingerprint density at radius 2 is 1.86 bits per heavy atom. The topological polar surface area (TPSA) is 139 Å². The lowest BCUT2D eigenvalue weighted by Crippen LogP contribution is -2.24. The van der Waals surface area contributed by atoms with Crippen molar-refractivity contribution in [1.82, 2.24) is 45.7 Å². The highest BCUT2D eigenvalue weighted by molar-refractivity contribution is 6.04. The molecule has 0 saturated heterocycles. The molecule has 1 amide bonds. The second kappa shape index (κ2) is 9.25. The number of aromatic amines is 1. The first-order valence-electron chi connectivity index (χ1n) is 10.8. The monoisotopic (exact) mass is 472 g/mol. The number of halogens is 1. The van der Waals surface area contributed by atoms with Crippen LogP contribution in [-0.2, 0) is 20.1 Å². The largest absolute Gasteiger partial charge is 0.364 e. The summed E-state index contributed by atoms with van der Waals surface area (Å²) in [4.78, 5) is 21.3. The summed E-state index contributed by atoms with van der Waals surface area (Å²) < 4.78 is 15.1. The van der Waals surface area contributed by atoms with Crippen LogP contribution in [0.25, 0.3) is 22.4 Å². The van der Waals surface area contributed by atoms with E-state index in [2.05, 4.69) is 46.3 Å². The maximum Gasteiger partial charge on any atom is 0.272 e. The van der Waals surface area contributed by atoms with E-state index in [0.29, 0.717) is 34.8 Å². The molecule has 176 valence electrons. The number of nitrogens with zero attached hydrogens (tertiary/aromatic N) is 7. The lowest BCUT2D eigenvalue weighted by molar-refractivity contribution is 0.0947. The van der Waals surface area contributed by atoms with Gasteiger partial charge >= 0.3 is 0 Å². The quantitative estimate of drug-likeness (QED) is 0.328. The van der Waals surface area contributed by atoms with Crippen molar-refractivity contribution in [3.8, 4) is 11.4 Å². The number of H-pyrrole nitrogens is 1. The minimum Gasteiger partial charge on any atom is -0.364 e. The Morgan fingerprint density at radius 1 is 1.06 bits per heavy atom. The first kappa shape index (κ1) is 22.1. The van der Waals surface area contributed by atoms with E-state index in [1.165, 1.54) is 12.4 Å². The van der Waals surface area contributed by atoms with Gasteiger partial charge in [-0.25, -0.2) is 14.4 Å². The van der Waals surface area contributed by atoms with Crippen LogP contribution in [0, 0.1) is 12.7 Å². The van der Waals surface area contributed by atoms with Gasteiger partial charge in [0.25, 0.3) is 5.91 Å². The van der Waals surface area contributed by atoms with Crippen molar-refractivity contribution in [3.05, 3.63) is 77.0 Å². The van der Waals surface area contributed by atoms with Crippen molar-refractivity contribution in [2.24, 2.45) is 7.05 Å². The number of carbonyl (C=O) groups excluding carboxylic acids is 1. The Labute approximate surface area is 198 Å². The van der Waals surface area contributed by atoms with Crippen molar-refractivity contribution < 1.29 is 9.18 Å². The molecule has 5 aromatic rings. The third kappa shape index (κ3) is 4.53. The molecule has 0 saturated carbocycles. The predicted octanol–water partition coefficient (Wildman–Crippen LogP) is 2.53. The zero-order valence-corrected chi connectivity index (χ0v) is 18.9. The highest BCUT2D eigenvalue weighted by Crippen LogP contribution is 2.23. The smallest absolute Gasteiger partial charge is 0.272 e. The Kier molecular flexibility index (Phi) is 5.83. The van der Waals surface area contributed by atoms with Crippen LogP contribution in [0.1, 0.15) is 27.2 Å². The van der Waals surface area contributed by atoms with Crippen LogP contribution >= 0.6 is 0 Å². The van der Waals surface area contributed by atoms with Gasteiger partial charge in [-0.15, -0.1) is 10.2 Å². The van der Waals surface area contributed by atoms with Crippen molar-refractivity contribution in [3.63, 3.8) is 0 Å². The summed E-state index contributed by atoms with van der Waals surface area (Å²) in [7, 11) is 1.77. The fourth-order valence-electron chi connectivity index (χ4n) is 3.69. The van der Waals surface area contributed by atoms with Gasteiger partial charge in [-0.3, -0.25) is 9.48 Å². The Balaban J connectivity index is 1.31. The summed E-state index contributed by atoms with van der Waals surface area (Å²) >= 11 is 0. The fraction of sp³-hybridized carbons (Fsp3) is 0.174. The van der Waals surface area contributed by atoms with E-state index in [4.69, 9.17) is 0 Å². The first-order chi connectivity index (χ1) is 17.0. The molecule has 35 heavy (non-hydrogen) atoms. The SMILES string of the molecule is Cc1cc(CNC(=O)c2ncnc3c(NCc4ccc(-c5nn[nH]n5)cc4)n(C)nc23)ccc1F. The number of nitrogens with one attached hydrogen (secondary N) is 3. The van der Waals surface area contributed by atoms with Gasteiger partial charge in [-0.2, -0.15) is 10.3 Å². The average Bonchev–Trinajstić information content (AvgIpc) is 3.51. The minimum atomic E-state index is -0.388. The van der Waals surface area contributed by atoms with Crippen molar-refractivity contribution in [2.75, 3.05) is 5.32 Å². The van der Waals surface area contributed by atoms with E-state index >= 15 is 0 Å². The number of anilines is 1. The molecule has 11 nitrogen and oxygen atoms in total. The molecule has 0 radical (unpaired) electrons. The molecule has 0 aliphatic heterocycles. The van der Waals surface area contributed by atoms with Gasteiger partial charge in [0.15, 0.2) is 11.5 Å². The van der Waals surface area contributed by atoms with Gasteiger partial charge in [0.2, 0.25) is 5.82 Å². The predicted molar refractivity (Wildman–Crippen MR) is 126 cm³/mol. The zero-order valence-electron chi connectivity index (χ0n) is 18.9. The summed E-state index contributed by atoms with van der Waals surface area (Å²) in [5.74, 6) is 0.516. The number of hydrogen-bond acceptors (Lipinski definition) is 8. The number of carbonyl (C=O) groups is 1. The number of aryl methyl sites for hydroxylation is 2. The molecule has 0 aliphatic rings. The van der Waals surface area contributed by atoms with E-state index in [1.54, 1.807) is 30.8 Å². The molecular formula is C23H21FN10O. The van der Waals surface area contributed by atoms with Crippen LogP contribution in [0.4, 0.5) is 10.2 Å². The second-order valence-electron chi connectivity index (χ2n) is 7.94. The lowest BCUT2D eigenvalue weighted by Gasteiger charge is -2.08. The Morgan fingerprint density at radius 3 is 2.60 bits per heavy atom. The standard InChI is InChI=1S/C23H21FN10O/c1-13-9-15(5-8-17(13)24)11-26-23(35)20-18-19(27-12-28-20)22(34(2)31-18)25-10-14-3-6-16(7-4-14)21-29-32-33-30-21/h3-9,12,25H,10-11H2,1-2H3,(H,26,35)(H,29,30,32,33). The van der Waals surface area contributed by atoms with Crippen LogP contribution in [-0.4, -0.2) is 46.3 Å². The highest BCUT2D eigenvalue weighted by Gasteiger charge is 2.19. The normalized spacial score (nSPS) is 11.1. The van der Waals surface area contributed by atoms with E-state index in [0.717, 1.165) is 16.7 Å². The fourth-order valence-corrected chi connectivity index (χ4v) is 3.69. The van der Waals surface area contributed by atoms with Gasteiger partial charge in [0.1, 0.15) is 23.2 Å². The summed E-state index contributed by atoms with van der Waals surface area (Å²) in [6.45, 7) is 2.43. The number of hydrogen-bond donors (Lipinski definition) is 3. The van der Waals surface area contributed by atoms with Crippen LogP contribution in [0.5, 0.6) is 0 Å². The van der Waals surface area contributed by atoms with Gasteiger partial charge in [0, 0.05) is 25.7 Å². The maximum atomic E-state index is 13.5. The van der Waals surface area contributed by atoms with Gasteiger partial charge in [0.05, 0.1) is 0 Å². The molecule has 3 heterocycles. The molecule has 12 heteroatoms. The number of aromatic nitrogens is 8. The van der Waals surface area contributed by atoms with Crippen LogP contribution in [0.3, 0.4) is 0 Å². The van der Waals surface area contributed by atoms with Crippen molar-refractivity contribution in [1.29, 1.82) is 0 Å². The van der Waals surface area contributed by atoms with E-state index in [-0.39, 0.29) is 24.0 Å². The third-order valence-electron chi connectivity index (χ3n) is 5.53. The van der Waals surface area contributed by atoms with E-state index < -0.39 is 0 Å². The number of amides is 1. The highest BCUT2D eigenvalue weighted by atomic mass is 19.1. The average molecular weight is 472 g/mol. The zero-order chi connectivity index (χ0) is 24.4. The Bertz CT molecular complexity index is 1500. The first-order valence-corrected chi connectivity index (χ1v) is 10.8. The van der Waals surface area contributed by atoms with Gasteiger partial charge in [-0.05, 0) is 34.9 Å². The van der Waals surface area contributed by atoms with Crippen LogP contribution in [0.2, 0.25) is 0 Å². The number of tetrazole rings is 1. The maximum absolute atomic E-state index is 13.5. The molecule has 0 aliphatic carbocycles. The summed E-state index contributed by atoms with van der Waals surface area (Å²) in [6.07, 6.45) is 1.34. The summed E-state index contributed by atoms with van der Waals surface area (Å²) in [5, 5.41) is 24.6. The number of fused-ring (bicyclic) bond motifs is 1. The summed E-state index contributed by atoms with van der Waals surface area (Å²) in [5.41, 5.74) is 4.27. The molecule has 0 bridgehead atoms. The number of rotatable bonds is 7. The molecule has 0 unspecified atom stereocenters.